The summed E-state index contributed by atoms with van der Waals surface area (Å²) in [5, 5.41) is 8.39. The van der Waals surface area contributed by atoms with Crippen LogP contribution in [0, 0.1) is 5.92 Å². The van der Waals surface area contributed by atoms with Crippen molar-refractivity contribution >= 4 is 38.4 Å². The predicted molar refractivity (Wildman–Crippen MR) is 141 cm³/mol. The molecular weight excluding hydrogens is 478 g/mol. The van der Waals surface area contributed by atoms with E-state index in [0.717, 1.165) is 20.2 Å². The Morgan fingerprint density at radius 2 is 1.92 bits per heavy atom. The largest absolute Gasteiger partial charge is 0.465 e. The van der Waals surface area contributed by atoms with Gasteiger partial charge >= 0.3 is 11.7 Å². The SMILES string of the molecule is COC(=O)c1cc(-c2c3c(=O)n(C)c(=O)n(CC(C)C)c3nn2Cc2csc3ccccc23)n(C)c1. The van der Waals surface area contributed by atoms with E-state index in [1.807, 2.05) is 26.0 Å². The molecule has 0 fully saturated rings. The highest BCUT2D eigenvalue weighted by Crippen LogP contribution is 2.31. The zero-order valence-electron chi connectivity index (χ0n) is 20.8. The quantitative estimate of drug-likeness (QED) is 0.329. The van der Waals surface area contributed by atoms with Crippen molar-refractivity contribution in [3.63, 3.8) is 0 Å². The van der Waals surface area contributed by atoms with E-state index in [4.69, 9.17) is 9.84 Å². The molecule has 5 rings (SSSR count). The molecule has 0 N–H and O–H groups in total. The summed E-state index contributed by atoms with van der Waals surface area (Å²) in [4.78, 5) is 38.9. The van der Waals surface area contributed by atoms with E-state index in [9.17, 15) is 14.4 Å². The number of nitrogens with zero attached hydrogens (tertiary/aromatic N) is 5. The fourth-order valence-electron chi connectivity index (χ4n) is 4.61. The summed E-state index contributed by atoms with van der Waals surface area (Å²) in [6.45, 7) is 4.84. The molecule has 0 saturated heterocycles. The van der Waals surface area contributed by atoms with Crippen molar-refractivity contribution in [3.8, 4) is 11.4 Å². The lowest BCUT2D eigenvalue weighted by Gasteiger charge is -2.11. The highest BCUT2D eigenvalue weighted by atomic mass is 32.1. The topological polar surface area (TPSA) is 93.1 Å². The molecule has 0 aliphatic carbocycles. The molecule has 0 radical (unpaired) electrons. The second-order valence-corrected chi connectivity index (χ2v) is 10.2. The van der Waals surface area contributed by atoms with Crippen molar-refractivity contribution in [2.45, 2.75) is 26.9 Å². The molecule has 0 bridgehead atoms. The van der Waals surface area contributed by atoms with Gasteiger partial charge in [0.2, 0.25) is 0 Å². The number of carbonyl (C=O) groups is 1. The Labute approximate surface area is 210 Å². The van der Waals surface area contributed by atoms with Gasteiger partial charge in [-0.2, -0.15) is 5.10 Å². The Bertz CT molecular complexity index is 1750. The van der Waals surface area contributed by atoms with Gasteiger partial charge in [-0.15, -0.1) is 11.3 Å². The van der Waals surface area contributed by atoms with Crippen molar-refractivity contribution < 1.29 is 9.53 Å². The fourth-order valence-corrected chi connectivity index (χ4v) is 5.57. The zero-order valence-corrected chi connectivity index (χ0v) is 21.6. The average molecular weight is 506 g/mol. The number of thiophene rings is 1. The summed E-state index contributed by atoms with van der Waals surface area (Å²) >= 11 is 1.65. The monoisotopic (exact) mass is 505 g/mol. The maximum Gasteiger partial charge on any atom is 0.339 e. The zero-order chi connectivity index (χ0) is 25.7. The van der Waals surface area contributed by atoms with E-state index >= 15 is 0 Å². The molecule has 4 aromatic heterocycles. The van der Waals surface area contributed by atoms with Crippen LogP contribution < -0.4 is 11.2 Å². The predicted octanol–water partition coefficient (Wildman–Crippen LogP) is 3.61. The minimum Gasteiger partial charge on any atom is -0.465 e. The molecule has 186 valence electrons. The second-order valence-electron chi connectivity index (χ2n) is 9.33. The molecule has 0 unspecified atom stereocenters. The molecular formula is C26H27N5O4S. The molecule has 0 amide bonds. The lowest BCUT2D eigenvalue weighted by Crippen LogP contribution is -2.38. The van der Waals surface area contributed by atoms with E-state index in [2.05, 4.69) is 17.5 Å². The first-order valence-electron chi connectivity index (χ1n) is 11.6. The van der Waals surface area contributed by atoms with Crippen molar-refractivity contribution in [1.29, 1.82) is 0 Å². The summed E-state index contributed by atoms with van der Waals surface area (Å²) in [6.07, 6.45) is 1.67. The van der Waals surface area contributed by atoms with Crippen LogP contribution in [0.15, 0.2) is 51.5 Å². The van der Waals surface area contributed by atoms with Crippen LogP contribution in [0.25, 0.3) is 32.5 Å². The fraction of sp³-hybridized carbons (Fsp3) is 0.308. The van der Waals surface area contributed by atoms with E-state index in [1.54, 1.807) is 44.5 Å². The third-order valence-electron chi connectivity index (χ3n) is 6.32. The summed E-state index contributed by atoms with van der Waals surface area (Å²) in [5.74, 6) is -0.306. The van der Waals surface area contributed by atoms with Gasteiger partial charge in [-0.1, -0.05) is 32.0 Å². The molecule has 4 heterocycles. The minimum atomic E-state index is -0.472. The van der Waals surface area contributed by atoms with Gasteiger partial charge in [0.1, 0.15) is 11.1 Å². The van der Waals surface area contributed by atoms with Gasteiger partial charge in [0.15, 0.2) is 5.65 Å². The summed E-state index contributed by atoms with van der Waals surface area (Å²) in [6, 6.07) is 9.83. The van der Waals surface area contributed by atoms with Crippen molar-refractivity contribution in [2.75, 3.05) is 7.11 Å². The molecule has 0 aliphatic rings. The molecule has 0 spiro atoms. The number of methoxy groups -OCH3 is 1. The second kappa shape index (κ2) is 8.94. The number of aryl methyl sites for hydroxylation is 1. The number of fused-ring (bicyclic) bond motifs is 2. The molecule has 36 heavy (non-hydrogen) atoms. The molecule has 10 heteroatoms. The molecule has 9 nitrogen and oxygen atoms in total. The minimum absolute atomic E-state index is 0.166. The number of rotatable bonds is 6. The van der Waals surface area contributed by atoms with Gasteiger partial charge in [-0.3, -0.25) is 18.6 Å². The Balaban J connectivity index is 1.84. The third-order valence-corrected chi connectivity index (χ3v) is 7.34. The summed E-state index contributed by atoms with van der Waals surface area (Å²) in [7, 11) is 4.62. The third kappa shape index (κ3) is 3.78. The van der Waals surface area contributed by atoms with Gasteiger partial charge in [0.05, 0.1) is 24.9 Å². The van der Waals surface area contributed by atoms with Crippen LogP contribution in [-0.4, -0.2) is 36.6 Å². The molecule has 5 aromatic rings. The number of ether oxygens (including phenoxy) is 1. The first-order chi connectivity index (χ1) is 17.2. The standard InChI is InChI=1S/C26H27N5O4S/c1-15(2)11-30-23-21(24(32)29(4)26(30)34)22(19-10-16(12-28(19)3)25(33)35-5)31(27-23)13-17-14-36-20-9-7-6-8-18(17)20/h6-10,12,14-15H,11,13H2,1-5H3. The van der Waals surface area contributed by atoms with Crippen LogP contribution in [-0.2, 0) is 31.9 Å². The van der Waals surface area contributed by atoms with E-state index < -0.39 is 17.2 Å². The molecule has 0 atom stereocenters. The van der Waals surface area contributed by atoms with Crippen LogP contribution in [0.3, 0.4) is 0 Å². The maximum absolute atomic E-state index is 13.5. The van der Waals surface area contributed by atoms with Crippen molar-refractivity contribution in [1.82, 2.24) is 23.5 Å². The van der Waals surface area contributed by atoms with E-state index in [0.29, 0.717) is 41.1 Å². The van der Waals surface area contributed by atoms with Gasteiger partial charge in [0, 0.05) is 31.5 Å². The van der Waals surface area contributed by atoms with Gasteiger partial charge < -0.3 is 9.30 Å². The van der Waals surface area contributed by atoms with Gasteiger partial charge in [-0.25, -0.2) is 9.59 Å². The van der Waals surface area contributed by atoms with Gasteiger partial charge in [-0.05, 0) is 34.4 Å². The van der Waals surface area contributed by atoms with Crippen LogP contribution >= 0.6 is 11.3 Å². The number of carbonyl (C=O) groups excluding carboxylic acids is 1. The first kappa shape index (κ1) is 23.8. The van der Waals surface area contributed by atoms with Crippen LogP contribution in [0.4, 0.5) is 0 Å². The van der Waals surface area contributed by atoms with Crippen molar-refractivity contribution in [3.05, 3.63) is 73.9 Å². The Morgan fingerprint density at radius 3 is 2.64 bits per heavy atom. The lowest BCUT2D eigenvalue weighted by molar-refractivity contribution is 0.0600. The lowest BCUT2D eigenvalue weighted by atomic mass is 10.1. The molecule has 0 saturated carbocycles. The Hall–Kier alpha value is -3.92. The Morgan fingerprint density at radius 1 is 1.17 bits per heavy atom. The van der Waals surface area contributed by atoms with Crippen LogP contribution in [0.2, 0.25) is 0 Å². The van der Waals surface area contributed by atoms with Crippen LogP contribution in [0.5, 0.6) is 0 Å². The van der Waals surface area contributed by atoms with Gasteiger partial charge in [0.25, 0.3) is 5.56 Å². The van der Waals surface area contributed by atoms with Crippen LogP contribution in [0.1, 0.15) is 29.8 Å². The number of aromatic nitrogens is 5. The molecule has 1 aromatic carbocycles. The number of hydrogen-bond donors (Lipinski definition) is 0. The highest BCUT2D eigenvalue weighted by Gasteiger charge is 2.26. The highest BCUT2D eigenvalue weighted by molar-refractivity contribution is 7.17. The number of benzene rings is 1. The Kier molecular flexibility index (Phi) is 5.91. The van der Waals surface area contributed by atoms with E-state index in [-0.39, 0.29) is 5.92 Å². The molecule has 0 aliphatic heterocycles. The first-order valence-corrected chi connectivity index (χ1v) is 12.5. The maximum atomic E-state index is 13.5. The smallest absolute Gasteiger partial charge is 0.339 e. The number of hydrogen-bond acceptors (Lipinski definition) is 6. The number of esters is 1. The summed E-state index contributed by atoms with van der Waals surface area (Å²) in [5.41, 5.74) is 2.12. The normalized spacial score (nSPS) is 11.7. The van der Waals surface area contributed by atoms with E-state index in [1.165, 1.54) is 14.2 Å². The summed E-state index contributed by atoms with van der Waals surface area (Å²) < 4.78 is 12.3. The van der Waals surface area contributed by atoms with Crippen molar-refractivity contribution in [2.24, 2.45) is 20.0 Å². The average Bonchev–Trinajstić information content (AvgIpc) is 3.55.